The summed E-state index contributed by atoms with van der Waals surface area (Å²) in [5.41, 5.74) is 1.29. The van der Waals surface area contributed by atoms with E-state index in [-0.39, 0.29) is 42.2 Å². The average Bonchev–Trinajstić information content (AvgIpc) is 3.40. The average molecular weight is 708 g/mol. The van der Waals surface area contributed by atoms with E-state index in [4.69, 9.17) is 4.74 Å². The zero-order valence-electron chi connectivity index (χ0n) is 31.5. The maximum Gasteiger partial charge on any atom is 0.329 e. The van der Waals surface area contributed by atoms with Crippen LogP contribution in [0.5, 0.6) is 0 Å². The van der Waals surface area contributed by atoms with E-state index in [0.717, 1.165) is 17.5 Å². The lowest BCUT2D eigenvalue weighted by Crippen LogP contribution is -2.62. The molecule has 1 saturated carbocycles. The minimum Gasteiger partial charge on any atom is -0.460 e. The number of likely N-dealkylation sites (tertiary alicyclic amines) is 1. The summed E-state index contributed by atoms with van der Waals surface area (Å²) in [5, 5.41) is 10.9. The van der Waals surface area contributed by atoms with Crippen molar-refractivity contribution in [3.63, 3.8) is 0 Å². The molecule has 4 N–H and O–H groups in total. The lowest BCUT2D eigenvalue weighted by atomic mass is 9.85. The van der Waals surface area contributed by atoms with E-state index in [1.165, 1.54) is 11.0 Å². The summed E-state index contributed by atoms with van der Waals surface area (Å²) in [6, 6.07) is 3.30. The van der Waals surface area contributed by atoms with Crippen molar-refractivity contribution in [2.45, 2.75) is 118 Å². The molecule has 0 bridgehead atoms. The Balaban J connectivity index is 1.48. The normalized spacial score (nSPS) is 22.1. The Hall–Kier alpha value is -4.22. The number of ether oxygens (including phenoxy) is 1. The van der Waals surface area contributed by atoms with Crippen molar-refractivity contribution < 1.29 is 33.5 Å². The van der Waals surface area contributed by atoms with E-state index in [1.54, 1.807) is 0 Å². The van der Waals surface area contributed by atoms with Crippen molar-refractivity contribution in [3.8, 4) is 0 Å². The number of unbranched alkanes of at least 4 members (excludes halogenated alkanes) is 1. The first-order chi connectivity index (χ1) is 23.9. The second-order valence-electron chi connectivity index (χ2n) is 16.3. The van der Waals surface area contributed by atoms with Crippen molar-refractivity contribution in [2.24, 2.45) is 28.6 Å². The second-order valence-corrected chi connectivity index (χ2v) is 16.3. The summed E-state index contributed by atoms with van der Waals surface area (Å²) in [7, 11) is 0. The maximum atomic E-state index is 14.4. The van der Waals surface area contributed by atoms with Gasteiger partial charge in [-0.15, -0.1) is 6.58 Å². The predicted octanol–water partition coefficient (Wildman–Crippen LogP) is 3.46. The van der Waals surface area contributed by atoms with Crippen LogP contribution < -0.4 is 21.3 Å². The zero-order valence-corrected chi connectivity index (χ0v) is 31.5. The van der Waals surface area contributed by atoms with Crippen LogP contribution in [-0.2, 0) is 41.6 Å². The summed E-state index contributed by atoms with van der Waals surface area (Å²) in [6.45, 7) is 19.1. The largest absolute Gasteiger partial charge is 0.460 e. The molecule has 51 heavy (non-hydrogen) atoms. The molecule has 12 heteroatoms. The van der Waals surface area contributed by atoms with Crippen LogP contribution >= 0.6 is 0 Å². The number of amides is 5. The van der Waals surface area contributed by atoms with Gasteiger partial charge in [-0.25, -0.2) is 9.59 Å². The number of fused-ring (bicyclic) bond motifs is 2. The van der Waals surface area contributed by atoms with Crippen LogP contribution in [0.15, 0.2) is 36.9 Å². The van der Waals surface area contributed by atoms with Gasteiger partial charge in [0.2, 0.25) is 17.6 Å². The minimum absolute atomic E-state index is 0.0501. The summed E-state index contributed by atoms with van der Waals surface area (Å²) in [6.07, 6.45) is 4.01. The minimum atomic E-state index is -1.05. The topological polar surface area (TPSA) is 163 Å². The number of nitrogens with one attached hydrogen (secondary N) is 4. The molecule has 3 aliphatic rings. The zero-order chi connectivity index (χ0) is 37.8. The third-order valence-corrected chi connectivity index (χ3v) is 10.8. The molecule has 6 atom stereocenters. The number of Topliss-reactive ketones (excluding diaryl/α,β-unsaturated/α-hetero) is 1. The van der Waals surface area contributed by atoms with E-state index in [1.807, 2.05) is 65.8 Å². The Kier molecular flexibility index (Phi) is 12.4. The molecule has 1 saturated heterocycles. The number of urea groups is 1. The highest BCUT2D eigenvalue weighted by Gasteiger charge is 2.70. The summed E-state index contributed by atoms with van der Waals surface area (Å²) < 4.78 is 5.85. The van der Waals surface area contributed by atoms with Crippen LogP contribution in [0.3, 0.4) is 0 Å². The number of carbonyl (C=O) groups excluding carboxylic acids is 6. The number of hydrogen-bond acceptors (Lipinski definition) is 7. The van der Waals surface area contributed by atoms with Gasteiger partial charge in [0.25, 0.3) is 5.91 Å². The third-order valence-electron chi connectivity index (χ3n) is 10.8. The van der Waals surface area contributed by atoms with Crippen LogP contribution in [0.1, 0.15) is 85.8 Å². The molecule has 280 valence electrons. The molecular formula is C39H57N5O7. The molecule has 12 nitrogen and oxygen atoms in total. The molecule has 2 fully saturated rings. The van der Waals surface area contributed by atoms with Gasteiger partial charge in [-0.2, -0.15) is 0 Å². The highest BCUT2D eigenvalue weighted by Crippen LogP contribution is 2.65. The van der Waals surface area contributed by atoms with E-state index in [0.29, 0.717) is 25.8 Å². The highest BCUT2D eigenvalue weighted by molar-refractivity contribution is 6.38. The molecule has 1 aromatic rings. The predicted molar refractivity (Wildman–Crippen MR) is 193 cm³/mol. The number of esters is 1. The van der Waals surface area contributed by atoms with Gasteiger partial charge in [-0.3, -0.25) is 19.2 Å². The number of carbonyl (C=O) groups is 6. The molecule has 1 unspecified atom stereocenters. The van der Waals surface area contributed by atoms with Gasteiger partial charge in [0.15, 0.2) is 0 Å². The van der Waals surface area contributed by atoms with Crippen molar-refractivity contribution in [3.05, 3.63) is 48.0 Å². The van der Waals surface area contributed by atoms with E-state index in [9.17, 15) is 28.8 Å². The van der Waals surface area contributed by atoms with Crippen molar-refractivity contribution in [1.29, 1.82) is 0 Å². The number of ketones is 1. The van der Waals surface area contributed by atoms with Crippen molar-refractivity contribution in [2.75, 3.05) is 13.1 Å². The van der Waals surface area contributed by atoms with Crippen LogP contribution in [0, 0.1) is 28.6 Å². The van der Waals surface area contributed by atoms with Crippen molar-refractivity contribution >= 4 is 35.5 Å². The lowest BCUT2D eigenvalue weighted by Gasteiger charge is -2.38. The number of nitrogens with zero attached hydrogens (tertiary/aromatic N) is 1. The SMILES string of the molecule is C=CCNC(=O)C(=O)C(CCCC)NC(=O)[C@@H]1[C@@H]2[C@H](CN1C(=O)[C@@H](NC(=O)N[C@H](C(=O)OC1Cc3ccccc3C1)C(C)C)C(C)(C)C)C2(C)C. The van der Waals surface area contributed by atoms with Crippen LogP contribution in [0.4, 0.5) is 4.79 Å². The number of benzene rings is 1. The van der Waals surface area contributed by atoms with Gasteiger partial charge in [0.1, 0.15) is 24.2 Å². The van der Waals surface area contributed by atoms with Crippen LogP contribution in [-0.4, -0.2) is 83.8 Å². The number of rotatable bonds is 15. The van der Waals surface area contributed by atoms with E-state index in [2.05, 4.69) is 41.7 Å². The lowest BCUT2D eigenvalue weighted by molar-refractivity contribution is -0.152. The second kappa shape index (κ2) is 16.0. The molecule has 5 amide bonds. The van der Waals surface area contributed by atoms with Gasteiger partial charge < -0.3 is 30.9 Å². The maximum absolute atomic E-state index is 14.4. The Labute approximate surface area is 302 Å². The summed E-state index contributed by atoms with van der Waals surface area (Å²) in [5.74, 6) is -3.43. The van der Waals surface area contributed by atoms with Gasteiger partial charge in [0.05, 0.1) is 6.04 Å². The van der Waals surface area contributed by atoms with E-state index < -0.39 is 65.1 Å². The first-order valence-corrected chi connectivity index (χ1v) is 18.3. The molecule has 1 aliphatic heterocycles. The molecule has 0 spiro atoms. The number of piperidine rings is 1. The summed E-state index contributed by atoms with van der Waals surface area (Å²) >= 11 is 0. The quantitative estimate of drug-likeness (QED) is 0.123. The van der Waals surface area contributed by atoms with Gasteiger partial charge in [-0.1, -0.05) is 98.6 Å². The molecule has 1 aromatic carbocycles. The first kappa shape index (κ1) is 39.6. The monoisotopic (exact) mass is 707 g/mol. The Bertz CT molecular complexity index is 1490. The molecule has 0 radical (unpaired) electrons. The van der Waals surface area contributed by atoms with Crippen molar-refractivity contribution in [1.82, 2.24) is 26.2 Å². The smallest absolute Gasteiger partial charge is 0.329 e. The fourth-order valence-electron chi connectivity index (χ4n) is 7.62. The molecule has 4 rings (SSSR count). The molecular weight excluding hydrogens is 650 g/mol. The molecule has 2 aliphatic carbocycles. The standard InChI is InChI=1S/C39H57N5O7/c1-10-12-17-27(31(45)34(47)40-18-11-2)41-33(46)30-28-26(39(28,8)9)21-44(30)35(48)32(38(5,6)7)43-37(50)42-29(22(3)4)36(49)51-25-19-23-15-13-14-16-24(23)20-25/h11,13-16,22,25-30,32H,2,10,12,17-21H2,1,3-9H3,(H,40,47)(H,41,46)(H2,42,43,50)/t26-,27?,28-,29-,30-,32+/m0/s1. The fourth-order valence-corrected chi connectivity index (χ4v) is 7.62. The molecule has 1 heterocycles. The van der Waals surface area contributed by atoms with E-state index >= 15 is 0 Å². The Morgan fingerprint density at radius 2 is 1.65 bits per heavy atom. The first-order valence-electron chi connectivity index (χ1n) is 18.3. The fraction of sp³-hybridized carbons (Fsp3) is 0.641. The van der Waals surface area contributed by atoms with Gasteiger partial charge in [0, 0.05) is 25.9 Å². The van der Waals surface area contributed by atoms with Gasteiger partial charge >= 0.3 is 12.0 Å². The van der Waals surface area contributed by atoms with Crippen LogP contribution in [0.2, 0.25) is 0 Å². The Morgan fingerprint density at radius 3 is 2.20 bits per heavy atom. The highest BCUT2D eigenvalue weighted by atomic mass is 16.5. The van der Waals surface area contributed by atoms with Crippen LogP contribution in [0.25, 0.3) is 0 Å². The van der Waals surface area contributed by atoms with Gasteiger partial charge in [-0.05, 0) is 46.1 Å². The number of hydrogen-bond donors (Lipinski definition) is 4. The molecule has 0 aromatic heterocycles. The Morgan fingerprint density at radius 1 is 1.02 bits per heavy atom. The summed E-state index contributed by atoms with van der Waals surface area (Å²) in [4.78, 5) is 82.5. The third kappa shape index (κ3) is 8.99.